The van der Waals surface area contributed by atoms with Crippen LogP contribution in [-0.2, 0) is 11.3 Å². The molecule has 0 fully saturated rings. The maximum absolute atomic E-state index is 10.9. The van der Waals surface area contributed by atoms with Gasteiger partial charge in [0.2, 0.25) is 6.54 Å². The number of hydrogen-bond acceptors (Lipinski definition) is 2. The summed E-state index contributed by atoms with van der Waals surface area (Å²) in [6.45, 7) is 7.05. The van der Waals surface area contributed by atoms with Crippen LogP contribution in [0.5, 0.6) is 0 Å². The van der Waals surface area contributed by atoms with Gasteiger partial charge < -0.3 is 10.0 Å². The second kappa shape index (κ2) is 13.6. The molecule has 2 aromatic rings. The van der Waals surface area contributed by atoms with Gasteiger partial charge in [0, 0.05) is 30.4 Å². The first-order valence-corrected chi connectivity index (χ1v) is 14.1. The lowest BCUT2D eigenvalue weighted by atomic mass is 9.74. The summed E-state index contributed by atoms with van der Waals surface area (Å²) in [6.07, 6.45) is 22.3. The third-order valence-corrected chi connectivity index (χ3v) is 8.03. The number of anilines is 1. The summed E-state index contributed by atoms with van der Waals surface area (Å²) < 4.78 is 1.68. The normalized spacial score (nSPS) is 19.6. The van der Waals surface area contributed by atoms with Gasteiger partial charge in [-0.05, 0) is 60.9 Å². The lowest BCUT2D eigenvalue weighted by Crippen LogP contribution is -2.48. The van der Waals surface area contributed by atoms with Crippen molar-refractivity contribution in [2.45, 2.75) is 109 Å². The minimum absolute atomic E-state index is 0.0144. The number of carboxylic acids is 1. The molecule has 4 nitrogen and oxygen atoms in total. The molecule has 1 N–H and O–H groups in total. The predicted molar refractivity (Wildman–Crippen MR) is 151 cm³/mol. The zero-order valence-corrected chi connectivity index (χ0v) is 23.0. The molecule has 196 valence electrons. The molecule has 1 aromatic carbocycles. The average Bonchev–Trinajstić information content (AvgIpc) is 2.86. The third-order valence-electron chi connectivity index (χ3n) is 8.03. The molecule has 0 radical (unpaired) electrons. The van der Waals surface area contributed by atoms with E-state index in [0.29, 0.717) is 5.92 Å². The van der Waals surface area contributed by atoms with Gasteiger partial charge in [-0.2, -0.15) is 4.57 Å². The fourth-order valence-electron chi connectivity index (χ4n) is 5.69. The highest BCUT2D eigenvalue weighted by molar-refractivity contribution is 5.72. The number of aliphatic carboxylic acids is 1. The number of rotatable bonds is 14. The quantitative estimate of drug-likeness (QED) is 0.216. The van der Waals surface area contributed by atoms with Crippen LogP contribution in [0, 0.1) is 0 Å². The zero-order chi connectivity index (χ0) is 26.0. The molecular formula is C32H47N2O2+. The Morgan fingerprint density at radius 1 is 1.00 bits per heavy atom. The van der Waals surface area contributed by atoms with Crippen LogP contribution in [0.4, 0.5) is 5.69 Å². The van der Waals surface area contributed by atoms with Crippen molar-refractivity contribution in [1.82, 2.24) is 0 Å². The molecule has 36 heavy (non-hydrogen) atoms. The Morgan fingerprint density at radius 3 is 2.33 bits per heavy atom. The molecule has 0 saturated heterocycles. The van der Waals surface area contributed by atoms with Crippen molar-refractivity contribution < 1.29 is 14.5 Å². The Morgan fingerprint density at radius 2 is 1.67 bits per heavy atom. The van der Waals surface area contributed by atoms with Crippen molar-refractivity contribution in [2.75, 3.05) is 11.9 Å². The molecule has 3 rings (SSSR count). The van der Waals surface area contributed by atoms with Gasteiger partial charge in [0.05, 0.1) is 0 Å². The van der Waals surface area contributed by atoms with Gasteiger partial charge >= 0.3 is 5.97 Å². The number of pyridine rings is 1. The Labute approximate surface area is 219 Å². The Balaban J connectivity index is 1.80. The van der Waals surface area contributed by atoms with E-state index < -0.39 is 5.97 Å². The van der Waals surface area contributed by atoms with Gasteiger partial charge in [0.25, 0.3) is 0 Å². The van der Waals surface area contributed by atoms with Crippen LogP contribution in [0.15, 0.2) is 42.7 Å². The van der Waals surface area contributed by atoms with E-state index in [-0.39, 0.29) is 12.1 Å². The number of fused-ring (bicyclic) bond motifs is 1. The van der Waals surface area contributed by atoms with Crippen LogP contribution in [0.1, 0.15) is 114 Å². The minimum Gasteiger partial charge on any atom is -0.477 e. The SMILES string of the molecule is CCCCCCC1CC(C)(CCCCCC)N(C)c2ccc(C=Cc3cc[n+](CC(=O)O)cc3)cc21. The first kappa shape index (κ1) is 28.0. The highest BCUT2D eigenvalue weighted by Crippen LogP contribution is 2.47. The number of benzene rings is 1. The lowest BCUT2D eigenvalue weighted by Gasteiger charge is -2.49. The summed E-state index contributed by atoms with van der Waals surface area (Å²) in [4.78, 5) is 13.5. The number of carboxylic acid groups (broad SMARTS) is 1. The number of unbranched alkanes of at least 4 members (excludes halogenated alkanes) is 6. The molecule has 0 aliphatic carbocycles. The monoisotopic (exact) mass is 491 g/mol. The second-order valence-electron chi connectivity index (χ2n) is 11.0. The standard InChI is InChI=1S/C32H46N2O2/c1-5-7-9-11-13-28-24-32(3,20-12-10-8-6-2)33(4)30-17-16-27(23-29(28)30)15-14-26-18-21-34(22-19-26)25-31(35)36/h14-19,21-23,28H,5-13,20,24-25H2,1-4H3/p+1. The summed E-state index contributed by atoms with van der Waals surface area (Å²) in [5.41, 5.74) is 5.45. The molecule has 0 saturated carbocycles. The van der Waals surface area contributed by atoms with Crippen LogP contribution < -0.4 is 9.47 Å². The van der Waals surface area contributed by atoms with E-state index in [4.69, 9.17) is 5.11 Å². The Hall–Kier alpha value is -2.62. The number of aromatic nitrogens is 1. The van der Waals surface area contributed by atoms with E-state index in [1.807, 2.05) is 24.5 Å². The van der Waals surface area contributed by atoms with Crippen LogP contribution >= 0.6 is 0 Å². The summed E-state index contributed by atoms with van der Waals surface area (Å²) >= 11 is 0. The van der Waals surface area contributed by atoms with E-state index in [2.05, 4.69) is 63.1 Å². The van der Waals surface area contributed by atoms with Crippen LogP contribution in [-0.4, -0.2) is 23.7 Å². The molecule has 1 aliphatic heterocycles. The molecule has 2 atom stereocenters. The van der Waals surface area contributed by atoms with E-state index in [1.54, 1.807) is 4.57 Å². The highest BCUT2D eigenvalue weighted by atomic mass is 16.4. The molecule has 1 aliphatic rings. The Bertz CT molecular complexity index is 998. The lowest BCUT2D eigenvalue weighted by molar-refractivity contribution is -0.685. The minimum atomic E-state index is -0.830. The Kier molecular flexibility index (Phi) is 10.6. The van der Waals surface area contributed by atoms with E-state index >= 15 is 0 Å². The van der Waals surface area contributed by atoms with E-state index in [0.717, 1.165) is 5.56 Å². The molecule has 2 unspecified atom stereocenters. The summed E-state index contributed by atoms with van der Waals surface area (Å²) in [7, 11) is 2.30. The van der Waals surface area contributed by atoms with E-state index in [1.165, 1.54) is 87.4 Å². The molecular weight excluding hydrogens is 444 g/mol. The molecule has 0 spiro atoms. The molecule has 0 bridgehead atoms. The van der Waals surface area contributed by atoms with Gasteiger partial charge in [-0.3, -0.25) is 0 Å². The van der Waals surface area contributed by atoms with Crippen molar-refractivity contribution in [2.24, 2.45) is 0 Å². The van der Waals surface area contributed by atoms with E-state index in [9.17, 15) is 4.79 Å². The zero-order valence-electron chi connectivity index (χ0n) is 23.0. The topological polar surface area (TPSA) is 44.4 Å². The van der Waals surface area contributed by atoms with Crippen molar-refractivity contribution in [1.29, 1.82) is 0 Å². The molecule has 2 heterocycles. The smallest absolute Gasteiger partial charge is 0.370 e. The average molecular weight is 492 g/mol. The van der Waals surface area contributed by atoms with Gasteiger partial charge in [0.15, 0.2) is 12.4 Å². The highest BCUT2D eigenvalue weighted by Gasteiger charge is 2.38. The summed E-state index contributed by atoms with van der Waals surface area (Å²) in [5.74, 6) is -0.215. The maximum atomic E-state index is 10.9. The van der Waals surface area contributed by atoms with Gasteiger partial charge in [0.1, 0.15) is 0 Å². The summed E-state index contributed by atoms with van der Waals surface area (Å²) in [6, 6.07) is 10.9. The van der Waals surface area contributed by atoms with Crippen LogP contribution in [0.2, 0.25) is 0 Å². The number of hydrogen-bond donors (Lipinski definition) is 1. The van der Waals surface area contributed by atoms with Crippen LogP contribution in [0.3, 0.4) is 0 Å². The van der Waals surface area contributed by atoms with Crippen molar-refractivity contribution in [3.8, 4) is 0 Å². The van der Waals surface area contributed by atoms with Gasteiger partial charge in [-0.25, -0.2) is 4.79 Å². The molecule has 0 amide bonds. The maximum Gasteiger partial charge on any atom is 0.370 e. The fourth-order valence-corrected chi connectivity index (χ4v) is 5.69. The summed E-state index contributed by atoms with van der Waals surface area (Å²) in [5, 5.41) is 8.96. The van der Waals surface area contributed by atoms with Crippen LogP contribution in [0.25, 0.3) is 12.2 Å². The predicted octanol–water partition coefficient (Wildman–Crippen LogP) is 7.85. The van der Waals surface area contributed by atoms with Crippen molar-refractivity contribution >= 4 is 23.8 Å². The first-order valence-electron chi connectivity index (χ1n) is 14.1. The number of nitrogens with zero attached hydrogens (tertiary/aromatic N) is 2. The van der Waals surface area contributed by atoms with Crippen molar-refractivity contribution in [3.63, 3.8) is 0 Å². The second-order valence-corrected chi connectivity index (χ2v) is 11.0. The molecule has 1 aromatic heterocycles. The molecule has 4 heteroatoms. The van der Waals surface area contributed by atoms with Gasteiger partial charge in [-0.15, -0.1) is 0 Å². The number of carbonyl (C=O) groups is 1. The van der Waals surface area contributed by atoms with Gasteiger partial charge in [-0.1, -0.05) is 83.4 Å². The largest absolute Gasteiger partial charge is 0.477 e. The third kappa shape index (κ3) is 7.69. The first-order chi connectivity index (χ1) is 17.4. The fraction of sp³-hybridized carbons (Fsp3) is 0.562. The van der Waals surface area contributed by atoms with Crippen molar-refractivity contribution in [3.05, 3.63) is 59.4 Å².